The van der Waals surface area contributed by atoms with E-state index in [2.05, 4.69) is 379 Å². The molecule has 2 saturated heterocycles. The maximum absolute atomic E-state index is 16.4. The molecule has 0 aromatic carbocycles. The molecule has 75 heteroatoms. The normalized spacial score (nSPS) is 27.8. The van der Waals surface area contributed by atoms with Crippen LogP contribution >= 0.6 is 444 Å². The smallest absolute Gasteiger partial charge is 0.369 e. The largest absolute Gasteiger partial charge is 0.387 e. The molecule has 4 aliphatic rings. The van der Waals surface area contributed by atoms with Gasteiger partial charge in [0.15, 0.2) is 58.4 Å². The number of carbonyl (C=O) groups is 1. The molecule has 8 aromatic heterocycles. The molecule has 0 saturated carbocycles. The van der Waals surface area contributed by atoms with E-state index in [1.165, 1.54) is 40.5 Å². The third-order valence-electron chi connectivity index (χ3n) is 15.0. The first-order valence-corrected chi connectivity index (χ1v) is 221. The zero-order valence-electron chi connectivity index (χ0n) is 59.5. The molecule has 14 atom stereocenters. The standard InChI is InChI=1S/C26H31FN10O9P2S2.C19H22FN9O7P2S3.CH3I29.CH4/c1-13(2)23(38)34-26-33-22-19(24(39)35-26)31-12-36(22)25-20-18(27)16(45-25)9-44-48(50,41-6-5-28-4)43-8-14(3)37-17(10-42-47(40,49)46-20)32-15-7-29-11-30-21(15)37;1-8-3-33-38(40,41)34-4-10-12(20)14(18(35-10)28-7-24-13-16(28)26-19(21)27-17(13)30)36-37(31,39)32-5-11-25-9-2-22-6-23-15(9)29(8)11;1-17(2)19(5)21(7)23(9)25(11)27(13)29(15)30(16)28(14)26(12)24(10)22(8)20(6)18(3)4;/h7,11-14,16,18,20,25H,5-6,8-10H2,1-3H3,(H,40,49)(H2,33,34,35,38,39);2,6-8,10,12,14,18H,3-5H2,1H3,(H,31,39)(H,40,41)(H3,21,26,27,30);1H3;1H4/t14-,16+,18+,20+,25+,47?,48?;8-,10+,12+,14+,18+,37?;;/m00../s1. The Labute approximate surface area is 918 Å². The van der Waals surface area contributed by atoms with E-state index in [4.69, 9.17) is 97.9 Å². The first kappa shape index (κ1) is 122. The molecule has 1 amide bonds. The zero-order valence-corrected chi connectivity index (χ0v) is 130. The first-order valence-electron chi connectivity index (χ1n) is 31.3. The number of imidazole rings is 4. The fraction of sp³-hybridized carbons (Fsp3) is 0.532. The number of nitrogens with two attached hydrogens (primary N) is 1. The number of nitrogens with one attached hydrogen (secondary N) is 3. The maximum Gasteiger partial charge on any atom is 0.387 e. The Bertz CT molecular complexity index is 5310. The topological polar surface area (TPSA) is 413 Å². The fourth-order valence-electron chi connectivity index (χ4n) is 10.1. The Hall–Kier alpha value is 16.0. The summed E-state index contributed by atoms with van der Waals surface area (Å²) in [6.45, 7) is -0.0267. The van der Waals surface area contributed by atoms with E-state index in [9.17, 15) is 23.8 Å². The van der Waals surface area contributed by atoms with E-state index in [1.807, 2.05) is 6.92 Å². The fourth-order valence-corrected chi connectivity index (χ4v) is 4920. The Balaban J connectivity index is 0.000000214. The summed E-state index contributed by atoms with van der Waals surface area (Å²) in [5.41, 5.74) is 2.59. The molecule has 0 aliphatic carbocycles. The van der Waals surface area contributed by atoms with Crippen LogP contribution in [0.4, 0.5) is 20.7 Å². The molecular formula is C47H60F2I29N19O16P4S5. The number of anilines is 2. The van der Waals surface area contributed by atoms with Crippen molar-refractivity contribution >= 4 is 542 Å². The molecule has 4 aliphatic heterocycles. The number of nitrogen functional groups attached to an aromatic ring is 1. The van der Waals surface area contributed by atoms with Crippen molar-refractivity contribution in [3.63, 3.8) is 0 Å². The average molecular weight is 5150 g/mol. The average Bonchev–Trinajstić information content (AvgIpc) is 1.61. The summed E-state index contributed by atoms with van der Waals surface area (Å²) in [7, 11) is -5.99. The van der Waals surface area contributed by atoms with E-state index in [0.29, 0.717) is 28.2 Å². The second-order valence-corrected chi connectivity index (χ2v) is 699. The van der Waals surface area contributed by atoms with Gasteiger partial charge in [-0.05, 0) is 49.3 Å². The number of H-pyrrole nitrogens is 2. The molecule has 6 N–H and O–H groups in total. The zero-order chi connectivity index (χ0) is 89.0. The molecule has 12 rings (SSSR count). The van der Waals surface area contributed by atoms with Crippen LogP contribution in [0.2, 0.25) is 0 Å². The number of nitrogens with zero attached hydrogens (tertiary/aromatic N) is 15. The third kappa shape index (κ3) is 33.5. The van der Waals surface area contributed by atoms with Crippen LogP contribution in [0, 0.1) is 12.5 Å². The number of aromatic amines is 2. The summed E-state index contributed by atoms with van der Waals surface area (Å²) in [6.07, 6.45) is -4.64. The number of thiol groups is 2. The minimum Gasteiger partial charge on any atom is -0.369 e. The van der Waals surface area contributed by atoms with Crippen molar-refractivity contribution in [2.75, 3.05) is 55.6 Å². The number of fused-ring (bicyclic) bond motifs is 12. The number of alkyl halides is 3. The van der Waals surface area contributed by atoms with Gasteiger partial charge in [-0.15, -0.1) is 0 Å². The summed E-state index contributed by atoms with van der Waals surface area (Å²) < 4.78 is 116. The summed E-state index contributed by atoms with van der Waals surface area (Å²) >= 11 is 71.9. The molecule has 0 radical (unpaired) electrons. The summed E-state index contributed by atoms with van der Waals surface area (Å²) in [4.78, 5) is 101. The van der Waals surface area contributed by atoms with Crippen LogP contribution in [0.3, 0.4) is 0 Å². The van der Waals surface area contributed by atoms with Crippen LogP contribution in [0.1, 0.15) is 71.3 Å². The minimum atomic E-state index is -4.40. The van der Waals surface area contributed by atoms with E-state index in [0.717, 1.165) is 6.33 Å². The molecule has 8 aromatic rings. The van der Waals surface area contributed by atoms with Crippen LogP contribution in [0.5, 0.6) is 0 Å². The van der Waals surface area contributed by atoms with Gasteiger partial charge in [0.05, 0.1) is 63.6 Å². The second kappa shape index (κ2) is 56.9. The molecule has 0 spiro atoms. The van der Waals surface area contributed by atoms with E-state index in [-0.39, 0.29) is 87.1 Å². The SMILES string of the molecule is C.CI(I)I(I)I(I)I(I)I(I)I(I)I(I)I(I)I(I)I(I)I(I)I(I)I(I)I(I)I.C[C@H]1COP(=S)(S)OC[C@H]2O[C@@H](n3cnc4c(=O)[nH]c(N)nc43)[C@H](OP(O)(=S)OCc3nc4cncnc4n31)[C@@H]2F.[C-]#[N+]CCOP1(=S)OC[C@H]2O[C@@H](n3cnc4c(=O)[nH]c(NC(=O)C(C)C)nc43)[C@H](OP(=O)(S)OCc3nc4cncnc4n3[C@@H](C)CO1)[C@@H]2F. The van der Waals surface area contributed by atoms with Crippen molar-refractivity contribution in [3.8, 4) is 0 Å². The Kier molecular flexibility index (Phi) is 56.7. The summed E-state index contributed by atoms with van der Waals surface area (Å²) in [5.74, 6) is -0.691. The third-order valence-corrected chi connectivity index (χ3v) is 2120. The number of hydrogen-bond acceptors (Lipinski definition) is 29. The van der Waals surface area contributed by atoms with Crippen LogP contribution < -0.4 is 22.2 Å². The van der Waals surface area contributed by atoms with Gasteiger partial charge in [-0.3, -0.25) is 52.4 Å². The van der Waals surface area contributed by atoms with Gasteiger partial charge in [0.1, 0.15) is 79.6 Å². The number of rotatable bonds is 20. The van der Waals surface area contributed by atoms with Crippen molar-refractivity contribution in [3.05, 3.63) is 81.5 Å². The Morgan fingerprint density at radius 3 is 1.55 bits per heavy atom. The minimum absolute atomic E-state index is 0. The predicted molar refractivity (Wildman–Crippen MR) is 752 cm³/mol. The quantitative estimate of drug-likeness (QED) is 0.00930. The van der Waals surface area contributed by atoms with Gasteiger partial charge in [-0.2, -0.15) is 9.97 Å². The molecule has 4 bridgehead atoms. The van der Waals surface area contributed by atoms with E-state index in [1.54, 1.807) is 29.9 Å². The van der Waals surface area contributed by atoms with E-state index >= 15 is 8.78 Å². The van der Waals surface area contributed by atoms with Crippen molar-refractivity contribution in [2.24, 2.45) is 5.92 Å². The van der Waals surface area contributed by atoms with Crippen LogP contribution in [0.25, 0.3) is 49.5 Å². The number of amides is 1. The molecule has 35 nitrogen and oxygen atoms in total. The van der Waals surface area contributed by atoms with Gasteiger partial charge >= 0.3 is 419 Å². The van der Waals surface area contributed by atoms with Crippen molar-refractivity contribution in [2.45, 2.75) is 110 Å². The molecule has 4 unspecified atom stereocenters. The second-order valence-electron chi connectivity index (χ2n) is 23.0. The number of carbonyl (C=O) groups excluding carboxylic acids is 1. The maximum atomic E-state index is 16.4. The van der Waals surface area contributed by atoms with Gasteiger partial charge in [-0.1, -0.05) is 45.8 Å². The molecule has 2 fully saturated rings. The van der Waals surface area contributed by atoms with Crippen molar-refractivity contribution in [1.29, 1.82) is 0 Å². The summed E-state index contributed by atoms with van der Waals surface area (Å²) in [6, 6.07) is -0.904. The van der Waals surface area contributed by atoms with Gasteiger partial charge < -0.3 is 61.2 Å². The van der Waals surface area contributed by atoms with Crippen molar-refractivity contribution < 1.29 is 73.2 Å². The number of ether oxygens (including phenoxy) is 2. The molecule has 12 heterocycles. The molecule has 706 valence electrons. The van der Waals surface area contributed by atoms with Gasteiger partial charge in [0, 0.05) is 5.92 Å². The van der Waals surface area contributed by atoms with Gasteiger partial charge in [0.2, 0.25) is 30.0 Å². The Morgan fingerprint density at radius 2 is 1.07 bits per heavy atom. The van der Waals surface area contributed by atoms with Crippen LogP contribution in [0.15, 0.2) is 47.3 Å². The van der Waals surface area contributed by atoms with Gasteiger partial charge in [-0.25, -0.2) is 59.8 Å². The number of hydrogen-bond donors (Lipinski definition) is 7. The van der Waals surface area contributed by atoms with Crippen molar-refractivity contribution in [1.82, 2.24) is 78.1 Å². The van der Waals surface area contributed by atoms with Crippen LogP contribution in [-0.4, -0.2) is 170 Å². The van der Waals surface area contributed by atoms with E-state index < -0.39 is 238 Å². The molecular weight excluding hydrogens is 5090 g/mol. The monoisotopic (exact) mass is 5150 g/mol. The summed E-state index contributed by atoms with van der Waals surface area (Å²) in [5, 5.41) is 2.51. The molecule has 122 heavy (non-hydrogen) atoms. The van der Waals surface area contributed by atoms with Crippen LogP contribution in [-0.2, 0) is 108 Å². The first-order chi connectivity index (χ1) is 56.8. The van der Waals surface area contributed by atoms with Gasteiger partial charge in [0.25, 0.3) is 11.1 Å². The Morgan fingerprint density at radius 1 is 0.648 bits per heavy atom. The number of aromatic nitrogens is 16. The predicted octanol–water partition coefficient (Wildman–Crippen LogP) is 31.6. The number of halogens is 31.